The molecule has 0 N–H and O–H groups in total. The van der Waals surface area contributed by atoms with E-state index in [1.807, 2.05) is 0 Å². The number of ether oxygens (including phenoxy) is 1. The number of Topliss-reactive ketones (excluding diaryl/α,β-unsaturated/α-hetero) is 1. The number of ketones is 1. The molecule has 0 bridgehead atoms. The molecular weight excluding hydrogens is 392 g/mol. The van der Waals surface area contributed by atoms with E-state index in [1.54, 1.807) is 0 Å². The van der Waals surface area contributed by atoms with Crippen molar-refractivity contribution in [2.45, 2.75) is 85.7 Å². The van der Waals surface area contributed by atoms with Gasteiger partial charge in [-0.25, -0.2) is 0 Å². The van der Waals surface area contributed by atoms with E-state index in [0.717, 1.165) is 43.4 Å². The van der Waals surface area contributed by atoms with Crippen molar-refractivity contribution in [1.29, 1.82) is 0 Å². The van der Waals surface area contributed by atoms with Crippen molar-refractivity contribution in [3.8, 4) is 5.75 Å². The molecular formula is C30H40O2. The number of allylic oxidation sites excluding steroid dienone is 8. The number of carbonyl (C=O) groups is 1. The molecule has 0 saturated heterocycles. The number of hydrogen-bond donors (Lipinski definition) is 0. The predicted molar refractivity (Wildman–Crippen MR) is 136 cm³/mol. The minimum atomic E-state index is 0.173. The Kier molecular flexibility index (Phi) is 8.73. The summed E-state index contributed by atoms with van der Waals surface area (Å²) in [5.41, 5.74) is 5.96. The quantitative estimate of drug-likeness (QED) is 0.414. The molecule has 0 aromatic heterocycles. The lowest BCUT2D eigenvalue weighted by Gasteiger charge is -2.14. The first kappa shape index (κ1) is 24.3. The summed E-state index contributed by atoms with van der Waals surface area (Å²) in [5.74, 6) is 1.99. The average Bonchev–Trinajstić information content (AvgIpc) is 3.55. The molecule has 2 nitrogen and oxygen atoms in total. The third-order valence-electron chi connectivity index (χ3n) is 6.12. The topological polar surface area (TPSA) is 26.3 Å². The highest BCUT2D eigenvalue weighted by Gasteiger charge is 2.30. The molecule has 1 unspecified atom stereocenters. The van der Waals surface area contributed by atoms with E-state index < -0.39 is 0 Å². The van der Waals surface area contributed by atoms with Crippen molar-refractivity contribution in [3.63, 3.8) is 0 Å². The maximum absolute atomic E-state index is 12.7. The summed E-state index contributed by atoms with van der Waals surface area (Å²) in [6.07, 6.45) is 18.9. The molecule has 1 atom stereocenters. The van der Waals surface area contributed by atoms with Crippen LogP contribution in [0.1, 0.15) is 83.8 Å². The maximum Gasteiger partial charge on any atom is 0.165 e. The Balaban J connectivity index is 1.72. The van der Waals surface area contributed by atoms with Crippen molar-refractivity contribution < 1.29 is 9.53 Å². The molecule has 1 saturated carbocycles. The summed E-state index contributed by atoms with van der Waals surface area (Å²) in [4.78, 5) is 12.7. The molecule has 32 heavy (non-hydrogen) atoms. The highest BCUT2D eigenvalue weighted by molar-refractivity contribution is 6.01. The lowest BCUT2D eigenvalue weighted by atomic mass is 9.96. The van der Waals surface area contributed by atoms with E-state index in [1.165, 1.54) is 35.1 Å². The Morgan fingerprint density at radius 1 is 1.16 bits per heavy atom. The van der Waals surface area contributed by atoms with E-state index in [2.05, 4.69) is 83.2 Å². The second kappa shape index (κ2) is 11.5. The van der Waals surface area contributed by atoms with Gasteiger partial charge < -0.3 is 4.74 Å². The lowest BCUT2D eigenvalue weighted by Crippen LogP contribution is -2.06. The number of aryl methyl sites for hydroxylation is 1. The number of rotatable bonds is 8. The van der Waals surface area contributed by atoms with E-state index in [-0.39, 0.29) is 12.0 Å². The molecule has 1 aromatic rings. The fourth-order valence-electron chi connectivity index (χ4n) is 4.26. The fraction of sp³-hybridized carbons (Fsp3) is 0.500. The van der Waals surface area contributed by atoms with Gasteiger partial charge in [-0.3, -0.25) is 4.79 Å². The Bertz CT molecular complexity index is 922. The molecule has 1 aromatic carbocycles. The number of carbonyl (C=O) groups excluding carboxylic acids is 1. The van der Waals surface area contributed by atoms with Gasteiger partial charge in [0.1, 0.15) is 5.75 Å². The smallest absolute Gasteiger partial charge is 0.165 e. The Labute approximate surface area is 195 Å². The summed E-state index contributed by atoms with van der Waals surface area (Å²) >= 11 is 0. The molecule has 1 fully saturated rings. The summed E-state index contributed by atoms with van der Waals surface area (Å²) < 4.78 is 5.92. The van der Waals surface area contributed by atoms with Crippen molar-refractivity contribution in [3.05, 3.63) is 70.9 Å². The van der Waals surface area contributed by atoms with Crippen LogP contribution in [0, 0.1) is 18.8 Å². The lowest BCUT2D eigenvalue weighted by molar-refractivity contribution is -0.116. The van der Waals surface area contributed by atoms with Crippen LogP contribution < -0.4 is 4.74 Å². The highest BCUT2D eigenvalue weighted by atomic mass is 16.5. The van der Waals surface area contributed by atoms with Crippen LogP contribution in [0.25, 0.3) is 5.57 Å². The van der Waals surface area contributed by atoms with Gasteiger partial charge in [0.05, 0.1) is 6.10 Å². The van der Waals surface area contributed by atoms with Gasteiger partial charge in [-0.1, -0.05) is 42.9 Å². The van der Waals surface area contributed by atoms with Crippen LogP contribution in [0.5, 0.6) is 5.75 Å². The van der Waals surface area contributed by atoms with Crippen molar-refractivity contribution in [2.75, 3.05) is 0 Å². The van der Waals surface area contributed by atoms with E-state index in [9.17, 15) is 4.79 Å². The van der Waals surface area contributed by atoms with Crippen LogP contribution >= 0.6 is 0 Å². The monoisotopic (exact) mass is 432 g/mol. The maximum atomic E-state index is 12.7. The van der Waals surface area contributed by atoms with Crippen LogP contribution in [0.15, 0.2) is 59.7 Å². The molecule has 0 heterocycles. The van der Waals surface area contributed by atoms with Gasteiger partial charge in [-0.2, -0.15) is 0 Å². The zero-order valence-corrected chi connectivity index (χ0v) is 20.6. The first-order valence-corrected chi connectivity index (χ1v) is 12.4. The van der Waals surface area contributed by atoms with Gasteiger partial charge >= 0.3 is 0 Å². The van der Waals surface area contributed by atoms with Crippen LogP contribution in [-0.2, 0) is 4.79 Å². The molecule has 172 valence electrons. The number of benzene rings is 1. The molecule has 0 aliphatic heterocycles. The standard InChI is InChI=1S/C30H40O2/c1-21(2)32-29-18-23(4)17-28(20-29)24(5)16-22(3)12-13-25-10-8-6-7-9-11-27(19-25)30(31)26-14-15-26/h9,11,13,16-22,26H,6-8,10,12,14-15H2,1-5H3. The third-order valence-corrected chi connectivity index (χ3v) is 6.12. The normalized spacial score (nSPS) is 19.9. The first-order chi connectivity index (χ1) is 15.3. The van der Waals surface area contributed by atoms with E-state index in [4.69, 9.17) is 4.74 Å². The van der Waals surface area contributed by atoms with Crippen LogP contribution in [-0.4, -0.2) is 11.9 Å². The van der Waals surface area contributed by atoms with Gasteiger partial charge in [0.2, 0.25) is 0 Å². The molecule has 0 spiro atoms. The van der Waals surface area contributed by atoms with Crippen LogP contribution in [0.3, 0.4) is 0 Å². The van der Waals surface area contributed by atoms with Crippen LogP contribution in [0.4, 0.5) is 0 Å². The number of hydrogen-bond acceptors (Lipinski definition) is 2. The average molecular weight is 433 g/mol. The Morgan fingerprint density at radius 2 is 1.94 bits per heavy atom. The first-order valence-electron chi connectivity index (χ1n) is 12.4. The second-order valence-electron chi connectivity index (χ2n) is 9.93. The zero-order valence-electron chi connectivity index (χ0n) is 20.6. The summed E-state index contributed by atoms with van der Waals surface area (Å²) in [7, 11) is 0. The summed E-state index contributed by atoms with van der Waals surface area (Å²) in [6, 6.07) is 6.48. The van der Waals surface area contributed by atoms with Crippen molar-refractivity contribution in [1.82, 2.24) is 0 Å². The molecule has 2 heteroatoms. The SMILES string of the molecule is CC(=CC(C)CC=C1C=C(C(=O)C2CC2)C=CCCCC1)c1cc(C)cc(OC(C)C)c1. The minimum absolute atomic E-state index is 0.173. The highest BCUT2D eigenvalue weighted by Crippen LogP contribution is 2.33. The van der Waals surface area contributed by atoms with E-state index in [0.29, 0.717) is 11.7 Å². The molecule has 0 radical (unpaired) electrons. The Hall–Kier alpha value is -2.35. The van der Waals surface area contributed by atoms with Crippen LogP contribution in [0.2, 0.25) is 0 Å². The van der Waals surface area contributed by atoms with Gasteiger partial charge in [-0.05, 0) is 113 Å². The third kappa shape index (κ3) is 7.65. The van der Waals surface area contributed by atoms with Gasteiger partial charge in [0, 0.05) is 11.5 Å². The molecule has 2 aliphatic carbocycles. The second-order valence-corrected chi connectivity index (χ2v) is 9.93. The van der Waals surface area contributed by atoms with Crippen molar-refractivity contribution in [2.24, 2.45) is 11.8 Å². The predicted octanol–water partition coefficient (Wildman–Crippen LogP) is 8.17. The van der Waals surface area contributed by atoms with E-state index >= 15 is 0 Å². The minimum Gasteiger partial charge on any atom is -0.491 e. The summed E-state index contributed by atoms with van der Waals surface area (Å²) in [6.45, 7) is 10.7. The fourth-order valence-corrected chi connectivity index (χ4v) is 4.26. The van der Waals surface area contributed by atoms with Gasteiger partial charge in [-0.15, -0.1) is 0 Å². The molecule has 0 amide bonds. The Morgan fingerprint density at radius 3 is 2.66 bits per heavy atom. The molecule has 3 rings (SSSR count). The zero-order chi connectivity index (χ0) is 23.1. The van der Waals surface area contributed by atoms with Gasteiger partial charge in [0.15, 0.2) is 5.78 Å². The van der Waals surface area contributed by atoms with Crippen molar-refractivity contribution >= 4 is 11.4 Å². The van der Waals surface area contributed by atoms with Gasteiger partial charge in [0.25, 0.3) is 0 Å². The summed E-state index contributed by atoms with van der Waals surface area (Å²) in [5, 5.41) is 0. The molecule has 2 aliphatic rings. The largest absolute Gasteiger partial charge is 0.491 e.